The van der Waals surface area contributed by atoms with Crippen LogP contribution in [0.4, 0.5) is 0 Å². The first-order valence-corrected chi connectivity index (χ1v) is 6.35. The molecule has 0 N–H and O–H groups in total. The summed E-state index contributed by atoms with van der Waals surface area (Å²) in [5, 5.41) is 0. The predicted octanol–water partition coefficient (Wildman–Crippen LogP) is 4.41. The van der Waals surface area contributed by atoms with Crippen LogP contribution in [0.25, 0.3) is 0 Å². The summed E-state index contributed by atoms with van der Waals surface area (Å²) < 4.78 is 0.232. The van der Waals surface area contributed by atoms with Crippen molar-refractivity contribution in [3.8, 4) is 0 Å². The summed E-state index contributed by atoms with van der Waals surface area (Å²) in [6, 6.07) is 9.01. The normalized spacial score (nSPS) is 12.1. The molecule has 0 saturated heterocycles. The van der Waals surface area contributed by atoms with Crippen LogP contribution in [0.15, 0.2) is 24.3 Å². The van der Waals surface area contributed by atoms with Gasteiger partial charge in [-0.1, -0.05) is 38.1 Å². The van der Waals surface area contributed by atoms with Crippen molar-refractivity contribution in [2.75, 3.05) is 6.26 Å². The monoisotopic (exact) mass is 208 g/mol. The van der Waals surface area contributed by atoms with Gasteiger partial charge in [0.05, 0.1) is 0 Å². The summed E-state index contributed by atoms with van der Waals surface area (Å²) in [5.74, 6) is 0.626. The van der Waals surface area contributed by atoms with Crippen LogP contribution >= 0.6 is 11.8 Å². The zero-order chi connectivity index (χ0) is 10.8. The van der Waals surface area contributed by atoms with Crippen molar-refractivity contribution in [3.63, 3.8) is 0 Å². The van der Waals surface area contributed by atoms with Gasteiger partial charge < -0.3 is 0 Å². The maximum atomic E-state index is 2.27. The summed E-state index contributed by atoms with van der Waals surface area (Å²) in [7, 11) is 0. The van der Waals surface area contributed by atoms with E-state index in [0.29, 0.717) is 5.92 Å². The molecular weight excluding hydrogens is 188 g/mol. The highest BCUT2D eigenvalue weighted by molar-refractivity contribution is 7.99. The second kappa shape index (κ2) is 4.39. The molecule has 78 valence electrons. The average Bonchev–Trinajstić information content (AvgIpc) is 2.18. The van der Waals surface area contributed by atoms with E-state index in [4.69, 9.17) is 0 Å². The fourth-order valence-corrected chi connectivity index (χ4v) is 1.76. The van der Waals surface area contributed by atoms with E-state index in [1.807, 2.05) is 11.8 Å². The predicted molar refractivity (Wildman–Crippen MR) is 67.1 cm³/mol. The van der Waals surface area contributed by atoms with Gasteiger partial charge in [0.15, 0.2) is 0 Å². The lowest BCUT2D eigenvalue weighted by molar-refractivity contribution is 0.781. The fraction of sp³-hybridized carbons (Fsp3) is 0.538. The minimum atomic E-state index is 0.232. The van der Waals surface area contributed by atoms with Gasteiger partial charge in [0, 0.05) is 4.75 Å². The second-order valence-electron chi connectivity index (χ2n) is 4.49. The van der Waals surface area contributed by atoms with E-state index in [2.05, 4.69) is 58.2 Å². The summed E-state index contributed by atoms with van der Waals surface area (Å²) in [4.78, 5) is 0. The molecule has 0 spiro atoms. The summed E-state index contributed by atoms with van der Waals surface area (Å²) in [6.45, 7) is 8.99. The molecule has 0 unspecified atom stereocenters. The molecule has 0 aromatic heterocycles. The number of rotatable bonds is 3. The topological polar surface area (TPSA) is 0 Å². The van der Waals surface area contributed by atoms with Gasteiger partial charge in [0.1, 0.15) is 0 Å². The van der Waals surface area contributed by atoms with Gasteiger partial charge in [-0.05, 0) is 37.1 Å². The molecule has 0 aliphatic rings. The molecule has 0 aliphatic heterocycles. The quantitative estimate of drug-likeness (QED) is 0.709. The van der Waals surface area contributed by atoms with Crippen LogP contribution < -0.4 is 0 Å². The van der Waals surface area contributed by atoms with Gasteiger partial charge in [-0.15, -0.1) is 0 Å². The molecule has 0 amide bonds. The van der Waals surface area contributed by atoms with Crippen molar-refractivity contribution in [2.24, 2.45) is 0 Å². The minimum Gasteiger partial charge on any atom is -0.154 e. The van der Waals surface area contributed by atoms with Crippen LogP contribution in [0.2, 0.25) is 0 Å². The van der Waals surface area contributed by atoms with Gasteiger partial charge in [0.25, 0.3) is 0 Å². The zero-order valence-corrected chi connectivity index (χ0v) is 10.6. The second-order valence-corrected chi connectivity index (χ2v) is 5.92. The lowest BCUT2D eigenvalue weighted by Crippen LogP contribution is -2.10. The molecule has 0 heterocycles. The molecule has 14 heavy (non-hydrogen) atoms. The number of thioether (sulfide) groups is 1. The maximum Gasteiger partial charge on any atom is 0.0349 e. The molecule has 0 bridgehead atoms. The Morgan fingerprint density at radius 2 is 1.57 bits per heavy atom. The summed E-state index contributed by atoms with van der Waals surface area (Å²) >= 11 is 1.89. The highest BCUT2D eigenvalue weighted by Gasteiger charge is 2.18. The van der Waals surface area contributed by atoms with Crippen molar-refractivity contribution in [2.45, 2.75) is 38.4 Å². The number of hydrogen-bond donors (Lipinski definition) is 0. The summed E-state index contributed by atoms with van der Waals surface area (Å²) in [6.07, 6.45) is 2.16. The standard InChI is InChI=1S/C13H20S/c1-10(2)11-6-8-12(9-7-11)13(3,4)14-5/h6-10H,1-5H3. The first-order chi connectivity index (χ1) is 6.47. The van der Waals surface area contributed by atoms with Crippen LogP contribution in [0.1, 0.15) is 44.7 Å². The molecule has 0 radical (unpaired) electrons. The van der Waals surface area contributed by atoms with E-state index in [9.17, 15) is 0 Å². The molecule has 1 aromatic carbocycles. The number of benzene rings is 1. The Morgan fingerprint density at radius 3 is 1.93 bits per heavy atom. The van der Waals surface area contributed by atoms with Gasteiger partial charge in [-0.2, -0.15) is 11.8 Å². The van der Waals surface area contributed by atoms with Crippen molar-refractivity contribution in [3.05, 3.63) is 35.4 Å². The third-order valence-electron chi connectivity index (χ3n) is 2.78. The van der Waals surface area contributed by atoms with E-state index < -0.39 is 0 Å². The van der Waals surface area contributed by atoms with Crippen LogP contribution in [-0.2, 0) is 4.75 Å². The smallest absolute Gasteiger partial charge is 0.0349 e. The average molecular weight is 208 g/mol. The SMILES string of the molecule is CSC(C)(C)c1ccc(C(C)C)cc1. The molecule has 0 aliphatic carbocycles. The molecule has 0 nitrogen and oxygen atoms in total. The van der Waals surface area contributed by atoms with Crippen molar-refractivity contribution >= 4 is 11.8 Å². The lowest BCUT2D eigenvalue weighted by Gasteiger charge is -2.23. The maximum absolute atomic E-state index is 2.27. The van der Waals surface area contributed by atoms with E-state index in [-0.39, 0.29) is 4.75 Å². The van der Waals surface area contributed by atoms with Crippen LogP contribution in [0.5, 0.6) is 0 Å². The molecule has 1 aromatic rings. The highest BCUT2D eigenvalue weighted by Crippen LogP contribution is 2.33. The molecule has 1 rings (SSSR count). The molecule has 0 fully saturated rings. The van der Waals surface area contributed by atoms with E-state index >= 15 is 0 Å². The Morgan fingerprint density at radius 1 is 1.07 bits per heavy atom. The Balaban J connectivity index is 2.94. The van der Waals surface area contributed by atoms with Crippen LogP contribution in [0, 0.1) is 0 Å². The highest BCUT2D eigenvalue weighted by atomic mass is 32.2. The van der Waals surface area contributed by atoms with Crippen molar-refractivity contribution in [1.82, 2.24) is 0 Å². The van der Waals surface area contributed by atoms with E-state index in [1.165, 1.54) is 11.1 Å². The van der Waals surface area contributed by atoms with E-state index in [0.717, 1.165) is 0 Å². The summed E-state index contributed by atoms with van der Waals surface area (Å²) in [5.41, 5.74) is 2.83. The van der Waals surface area contributed by atoms with Gasteiger partial charge >= 0.3 is 0 Å². The third kappa shape index (κ3) is 2.54. The van der Waals surface area contributed by atoms with Gasteiger partial charge in [-0.3, -0.25) is 0 Å². The molecule has 0 saturated carbocycles. The molecular formula is C13H20S. The molecule has 1 heteroatoms. The van der Waals surface area contributed by atoms with Crippen LogP contribution in [-0.4, -0.2) is 6.26 Å². The third-order valence-corrected chi connectivity index (χ3v) is 4.04. The Labute approximate surface area is 92.1 Å². The Hall–Kier alpha value is -0.430. The first kappa shape index (κ1) is 11.6. The van der Waals surface area contributed by atoms with Crippen LogP contribution in [0.3, 0.4) is 0 Å². The van der Waals surface area contributed by atoms with E-state index in [1.54, 1.807) is 0 Å². The largest absolute Gasteiger partial charge is 0.154 e. The van der Waals surface area contributed by atoms with Crippen molar-refractivity contribution < 1.29 is 0 Å². The lowest BCUT2D eigenvalue weighted by atomic mass is 9.97. The zero-order valence-electron chi connectivity index (χ0n) is 9.79. The first-order valence-electron chi connectivity index (χ1n) is 5.13. The fourth-order valence-electron chi connectivity index (χ4n) is 1.39. The minimum absolute atomic E-state index is 0.232. The van der Waals surface area contributed by atoms with Gasteiger partial charge in [0.2, 0.25) is 0 Å². The van der Waals surface area contributed by atoms with Crippen molar-refractivity contribution in [1.29, 1.82) is 0 Å². The molecule has 0 atom stereocenters. The Kier molecular flexibility index (Phi) is 3.65. The Bertz CT molecular complexity index is 283. The number of hydrogen-bond acceptors (Lipinski definition) is 1. The van der Waals surface area contributed by atoms with Gasteiger partial charge in [-0.25, -0.2) is 0 Å².